The Balaban J connectivity index is 2.06. The molecule has 0 aliphatic heterocycles. The van der Waals surface area contributed by atoms with E-state index in [1.807, 2.05) is 0 Å². The van der Waals surface area contributed by atoms with Crippen LogP contribution in [0.25, 0.3) is 22.8 Å². The molecule has 1 heterocycles. The highest BCUT2D eigenvalue weighted by Crippen LogP contribution is 2.31. The Hall–Kier alpha value is -2.76. The third-order valence-corrected chi connectivity index (χ3v) is 3.05. The van der Waals surface area contributed by atoms with E-state index in [0.717, 1.165) is 0 Å². The number of aromatic hydroxyl groups is 1. The molecule has 3 rings (SSSR count). The SMILES string of the molecule is Cc1cc(-c2noc(-c3c(O)cccc3F)n2)ccc1F. The summed E-state index contributed by atoms with van der Waals surface area (Å²) in [4.78, 5) is 4.04. The summed E-state index contributed by atoms with van der Waals surface area (Å²) in [6.45, 7) is 1.61. The van der Waals surface area contributed by atoms with E-state index in [0.29, 0.717) is 11.1 Å². The van der Waals surface area contributed by atoms with Gasteiger partial charge in [0, 0.05) is 5.56 Å². The topological polar surface area (TPSA) is 59.2 Å². The number of rotatable bonds is 2. The van der Waals surface area contributed by atoms with Crippen molar-refractivity contribution in [2.45, 2.75) is 6.92 Å². The molecular weight excluding hydrogens is 278 g/mol. The summed E-state index contributed by atoms with van der Waals surface area (Å²) < 4.78 is 32.0. The summed E-state index contributed by atoms with van der Waals surface area (Å²) in [5.74, 6) is -1.24. The van der Waals surface area contributed by atoms with Crippen molar-refractivity contribution in [1.82, 2.24) is 10.1 Å². The van der Waals surface area contributed by atoms with Gasteiger partial charge < -0.3 is 9.63 Å². The highest BCUT2D eigenvalue weighted by atomic mass is 19.1. The molecule has 0 fully saturated rings. The van der Waals surface area contributed by atoms with E-state index in [1.165, 1.54) is 30.3 Å². The Bertz CT molecular complexity index is 795. The van der Waals surface area contributed by atoms with Gasteiger partial charge in [-0.15, -0.1) is 0 Å². The average Bonchev–Trinajstić information content (AvgIpc) is 2.91. The molecule has 0 aliphatic rings. The van der Waals surface area contributed by atoms with E-state index in [9.17, 15) is 13.9 Å². The molecule has 0 amide bonds. The molecule has 0 unspecified atom stereocenters. The second-order valence-electron chi connectivity index (χ2n) is 4.52. The van der Waals surface area contributed by atoms with Crippen LogP contribution >= 0.6 is 0 Å². The van der Waals surface area contributed by atoms with Crippen LogP contribution in [0.3, 0.4) is 0 Å². The third kappa shape index (κ3) is 2.35. The molecular formula is C15H10F2N2O2. The van der Waals surface area contributed by atoms with Gasteiger partial charge in [-0.25, -0.2) is 8.78 Å². The molecule has 0 bridgehead atoms. The van der Waals surface area contributed by atoms with Gasteiger partial charge in [0.1, 0.15) is 22.9 Å². The van der Waals surface area contributed by atoms with Gasteiger partial charge in [0.2, 0.25) is 5.82 Å². The standard InChI is InChI=1S/C15H10F2N2O2/c1-8-7-9(5-6-10(8)16)14-18-15(21-19-14)13-11(17)3-2-4-12(13)20/h2-7,20H,1H3. The Morgan fingerprint density at radius 1 is 1.10 bits per heavy atom. The van der Waals surface area contributed by atoms with E-state index in [2.05, 4.69) is 10.1 Å². The van der Waals surface area contributed by atoms with Crippen LogP contribution in [0.4, 0.5) is 8.78 Å². The number of hydrogen-bond donors (Lipinski definition) is 1. The quantitative estimate of drug-likeness (QED) is 0.781. The van der Waals surface area contributed by atoms with E-state index < -0.39 is 5.82 Å². The molecule has 0 radical (unpaired) electrons. The predicted molar refractivity (Wildman–Crippen MR) is 71.5 cm³/mol. The van der Waals surface area contributed by atoms with Crippen LogP contribution in [-0.4, -0.2) is 15.2 Å². The zero-order valence-electron chi connectivity index (χ0n) is 11.0. The van der Waals surface area contributed by atoms with Crippen LogP contribution in [0.2, 0.25) is 0 Å². The van der Waals surface area contributed by atoms with Gasteiger partial charge in [-0.2, -0.15) is 4.98 Å². The molecule has 21 heavy (non-hydrogen) atoms. The molecule has 1 aromatic heterocycles. The number of aryl methyl sites for hydroxylation is 1. The van der Waals surface area contributed by atoms with Crippen molar-refractivity contribution in [3.8, 4) is 28.6 Å². The minimum Gasteiger partial charge on any atom is -0.507 e. The summed E-state index contributed by atoms with van der Waals surface area (Å²) in [6, 6.07) is 8.23. The molecule has 0 saturated heterocycles. The minimum atomic E-state index is -0.666. The van der Waals surface area contributed by atoms with Crippen LogP contribution in [0.1, 0.15) is 5.56 Å². The monoisotopic (exact) mass is 288 g/mol. The smallest absolute Gasteiger partial charge is 0.265 e. The molecule has 1 N–H and O–H groups in total. The minimum absolute atomic E-state index is 0.137. The maximum atomic E-state index is 13.7. The predicted octanol–water partition coefficient (Wildman–Crippen LogP) is 3.70. The lowest BCUT2D eigenvalue weighted by molar-refractivity contribution is 0.421. The van der Waals surface area contributed by atoms with Crippen molar-refractivity contribution in [1.29, 1.82) is 0 Å². The van der Waals surface area contributed by atoms with Gasteiger partial charge in [0.05, 0.1) is 0 Å². The van der Waals surface area contributed by atoms with E-state index in [-0.39, 0.29) is 28.8 Å². The van der Waals surface area contributed by atoms with E-state index in [1.54, 1.807) is 13.0 Å². The second-order valence-corrected chi connectivity index (χ2v) is 4.52. The van der Waals surface area contributed by atoms with Crippen molar-refractivity contribution in [2.75, 3.05) is 0 Å². The van der Waals surface area contributed by atoms with Gasteiger partial charge >= 0.3 is 0 Å². The number of phenols is 1. The van der Waals surface area contributed by atoms with Crippen molar-refractivity contribution >= 4 is 0 Å². The molecule has 3 aromatic rings. The first-order valence-electron chi connectivity index (χ1n) is 6.14. The number of phenolic OH excluding ortho intramolecular Hbond substituents is 1. The molecule has 0 saturated carbocycles. The lowest BCUT2D eigenvalue weighted by atomic mass is 10.1. The molecule has 0 aliphatic carbocycles. The Morgan fingerprint density at radius 3 is 2.62 bits per heavy atom. The first-order chi connectivity index (χ1) is 10.1. The molecule has 2 aromatic carbocycles. The van der Waals surface area contributed by atoms with Crippen LogP contribution < -0.4 is 0 Å². The highest BCUT2D eigenvalue weighted by molar-refractivity contribution is 5.65. The maximum absolute atomic E-state index is 13.7. The number of benzene rings is 2. The largest absolute Gasteiger partial charge is 0.507 e. The first-order valence-corrected chi connectivity index (χ1v) is 6.14. The van der Waals surface area contributed by atoms with Gasteiger partial charge in [-0.05, 0) is 42.8 Å². The number of nitrogens with zero attached hydrogens (tertiary/aromatic N) is 2. The summed E-state index contributed by atoms with van der Waals surface area (Å²) in [5.41, 5.74) is 0.822. The van der Waals surface area contributed by atoms with Crippen molar-refractivity contribution in [3.05, 3.63) is 53.6 Å². The highest BCUT2D eigenvalue weighted by Gasteiger charge is 2.18. The lowest BCUT2D eigenvalue weighted by Gasteiger charge is -2.00. The van der Waals surface area contributed by atoms with Crippen LogP contribution in [0, 0.1) is 18.6 Å². The van der Waals surface area contributed by atoms with Crippen molar-refractivity contribution in [3.63, 3.8) is 0 Å². The van der Waals surface area contributed by atoms with Gasteiger partial charge in [0.15, 0.2) is 0 Å². The maximum Gasteiger partial charge on any atom is 0.265 e. The molecule has 4 nitrogen and oxygen atoms in total. The Morgan fingerprint density at radius 2 is 1.90 bits per heavy atom. The number of halogens is 2. The zero-order chi connectivity index (χ0) is 15.0. The summed E-state index contributed by atoms with van der Waals surface area (Å²) in [5, 5.41) is 13.4. The van der Waals surface area contributed by atoms with Gasteiger partial charge in [0.25, 0.3) is 5.89 Å². The Kier molecular flexibility index (Phi) is 3.13. The lowest BCUT2D eigenvalue weighted by Crippen LogP contribution is -1.87. The second kappa shape index (κ2) is 4.97. The summed E-state index contributed by atoms with van der Waals surface area (Å²) in [7, 11) is 0. The molecule has 106 valence electrons. The van der Waals surface area contributed by atoms with Crippen LogP contribution in [0.5, 0.6) is 5.75 Å². The third-order valence-electron chi connectivity index (χ3n) is 3.05. The van der Waals surface area contributed by atoms with Gasteiger partial charge in [-0.1, -0.05) is 11.2 Å². The Labute approximate surface area is 118 Å². The van der Waals surface area contributed by atoms with E-state index >= 15 is 0 Å². The summed E-state index contributed by atoms with van der Waals surface area (Å²) >= 11 is 0. The fraction of sp³-hybridized carbons (Fsp3) is 0.0667. The fourth-order valence-corrected chi connectivity index (χ4v) is 1.95. The zero-order valence-corrected chi connectivity index (χ0v) is 11.0. The fourth-order valence-electron chi connectivity index (χ4n) is 1.95. The van der Waals surface area contributed by atoms with Crippen LogP contribution in [-0.2, 0) is 0 Å². The van der Waals surface area contributed by atoms with Crippen molar-refractivity contribution < 1.29 is 18.4 Å². The normalized spacial score (nSPS) is 10.8. The number of aromatic nitrogens is 2. The summed E-state index contributed by atoms with van der Waals surface area (Å²) in [6.07, 6.45) is 0. The average molecular weight is 288 g/mol. The molecule has 6 heteroatoms. The van der Waals surface area contributed by atoms with Crippen LogP contribution in [0.15, 0.2) is 40.9 Å². The molecule has 0 spiro atoms. The van der Waals surface area contributed by atoms with Crippen molar-refractivity contribution in [2.24, 2.45) is 0 Å². The first kappa shape index (κ1) is 13.2. The van der Waals surface area contributed by atoms with E-state index in [4.69, 9.17) is 4.52 Å². The van der Waals surface area contributed by atoms with Gasteiger partial charge in [-0.3, -0.25) is 0 Å². The number of hydrogen-bond acceptors (Lipinski definition) is 4. The molecule has 0 atom stereocenters.